The number of hydrogen-bond donors (Lipinski definition) is 2. The van der Waals surface area contributed by atoms with E-state index in [4.69, 9.17) is 5.73 Å². The Balaban J connectivity index is 1.88. The topological polar surface area (TPSA) is 99.2 Å². The van der Waals surface area contributed by atoms with Crippen LogP contribution >= 0.6 is 0 Å². The third-order valence-corrected chi connectivity index (χ3v) is 5.84. The van der Waals surface area contributed by atoms with Crippen LogP contribution in [0.15, 0.2) is 0 Å². The third kappa shape index (κ3) is 4.94. The first-order valence-electron chi connectivity index (χ1n) is 9.28. The highest BCUT2D eigenvalue weighted by atomic mass is 16.2. The van der Waals surface area contributed by atoms with Crippen molar-refractivity contribution >= 4 is 11.8 Å². The van der Waals surface area contributed by atoms with Gasteiger partial charge in [-0.05, 0) is 44.4 Å². The fraction of sp³-hybridized carbons (Fsp3) is 0.789. The van der Waals surface area contributed by atoms with E-state index >= 15 is 0 Å². The van der Waals surface area contributed by atoms with Crippen LogP contribution in [0.5, 0.6) is 0 Å². The van der Waals surface area contributed by atoms with E-state index in [1.165, 1.54) is 32.1 Å². The molecule has 0 spiro atoms. The van der Waals surface area contributed by atoms with Crippen LogP contribution < -0.4 is 11.1 Å². The van der Waals surface area contributed by atoms with E-state index in [2.05, 4.69) is 23.2 Å². The lowest BCUT2D eigenvalue weighted by Gasteiger charge is -2.34. The molecule has 1 aliphatic carbocycles. The number of carbonyl (C=O) groups is 2. The van der Waals surface area contributed by atoms with E-state index in [0.717, 1.165) is 12.5 Å². The van der Waals surface area contributed by atoms with Crippen molar-refractivity contribution in [3.8, 4) is 6.07 Å². The van der Waals surface area contributed by atoms with Crippen molar-refractivity contribution in [3.63, 3.8) is 0 Å². The molecular formula is C19H31N4O2. The minimum absolute atomic E-state index is 0.264. The molecule has 0 bridgehead atoms. The van der Waals surface area contributed by atoms with Gasteiger partial charge < -0.3 is 11.1 Å². The smallest absolute Gasteiger partial charge is 0.225 e. The van der Waals surface area contributed by atoms with E-state index < -0.39 is 16.9 Å². The lowest BCUT2D eigenvalue weighted by atomic mass is 9.86. The van der Waals surface area contributed by atoms with Crippen LogP contribution in [0.1, 0.15) is 59.3 Å². The average molecular weight is 347 g/mol. The summed E-state index contributed by atoms with van der Waals surface area (Å²) in [6.07, 6.45) is 7.18. The molecule has 1 radical (unpaired) electrons. The summed E-state index contributed by atoms with van der Waals surface area (Å²) in [5.74, 6) is 0.0580. The molecule has 2 aliphatic rings. The number of hydrogen-bond acceptors (Lipinski definition) is 4. The van der Waals surface area contributed by atoms with Gasteiger partial charge in [0.1, 0.15) is 5.54 Å². The summed E-state index contributed by atoms with van der Waals surface area (Å²) in [5, 5.41) is 12.5. The molecule has 6 heteroatoms. The first kappa shape index (κ1) is 19.7. The number of nitriles is 1. The molecule has 1 atom stereocenters. The third-order valence-electron chi connectivity index (χ3n) is 5.84. The van der Waals surface area contributed by atoms with Crippen molar-refractivity contribution in [3.05, 3.63) is 6.42 Å². The summed E-state index contributed by atoms with van der Waals surface area (Å²) in [7, 11) is 0. The highest BCUT2D eigenvalue weighted by Crippen LogP contribution is 2.32. The average Bonchev–Trinajstić information content (AvgIpc) is 2.98. The first-order chi connectivity index (χ1) is 11.7. The summed E-state index contributed by atoms with van der Waals surface area (Å²) < 4.78 is 0. The fourth-order valence-corrected chi connectivity index (χ4v) is 3.72. The maximum atomic E-state index is 12.3. The molecule has 139 valence electrons. The van der Waals surface area contributed by atoms with Crippen LogP contribution in [0, 0.1) is 29.1 Å². The summed E-state index contributed by atoms with van der Waals surface area (Å²) >= 11 is 0. The Morgan fingerprint density at radius 3 is 2.56 bits per heavy atom. The Morgan fingerprint density at radius 2 is 2.00 bits per heavy atom. The number of amides is 2. The zero-order valence-electron chi connectivity index (χ0n) is 15.7. The maximum absolute atomic E-state index is 12.3. The lowest BCUT2D eigenvalue weighted by Crippen LogP contribution is -2.51. The minimum atomic E-state index is -0.826. The van der Waals surface area contributed by atoms with Crippen molar-refractivity contribution in [1.82, 2.24) is 10.2 Å². The molecule has 1 aliphatic heterocycles. The summed E-state index contributed by atoms with van der Waals surface area (Å²) in [6, 6.07) is 2.85. The van der Waals surface area contributed by atoms with Crippen LogP contribution in [0.3, 0.4) is 0 Å². The largest absolute Gasteiger partial charge is 0.369 e. The first-order valence-corrected chi connectivity index (χ1v) is 9.28. The number of rotatable bonds is 6. The predicted octanol–water partition coefficient (Wildman–Crippen LogP) is 1.76. The zero-order chi connectivity index (χ0) is 18.7. The Hall–Kier alpha value is -1.61. The second kappa shape index (κ2) is 7.74. The highest BCUT2D eigenvalue weighted by molar-refractivity contribution is 5.87. The molecule has 2 amide bonds. The van der Waals surface area contributed by atoms with Gasteiger partial charge in [0.25, 0.3) is 0 Å². The molecule has 1 saturated heterocycles. The van der Waals surface area contributed by atoms with Crippen molar-refractivity contribution < 1.29 is 9.59 Å². The molecule has 0 aromatic rings. The summed E-state index contributed by atoms with van der Waals surface area (Å²) in [5.41, 5.74) is 3.74. The second-order valence-corrected chi connectivity index (χ2v) is 8.47. The molecule has 25 heavy (non-hydrogen) atoms. The molecule has 0 aromatic heterocycles. The van der Waals surface area contributed by atoms with Crippen molar-refractivity contribution in [1.29, 1.82) is 5.26 Å². The van der Waals surface area contributed by atoms with Crippen molar-refractivity contribution in [2.45, 2.75) is 70.9 Å². The summed E-state index contributed by atoms with van der Waals surface area (Å²) in [4.78, 5) is 26.0. The van der Waals surface area contributed by atoms with E-state index in [1.807, 2.05) is 0 Å². The van der Waals surface area contributed by atoms with Crippen LogP contribution in [0.4, 0.5) is 0 Å². The van der Waals surface area contributed by atoms with Gasteiger partial charge in [-0.15, -0.1) is 0 Å². The second-order valence-electron chi connectivity index (χ2n) is 8.47. The number of carbonyl (C=O) groups excluding carboxylic acids is 2. The van der Waals surface area contributed by atoms with Crippen LogP contribution in [-0.2, 0) is 9.59 Å². The minimum Gasteiger partial charge on any atom is -0.369 e. The molecule has 1 saturated carbocycles. The molecule has 6 nitrogen and oxygen atoms in total. The van der Waals surface area contributed by atoms with Gasteiger partial charge in [-0.25, -0.2) is 0 Å². The van der Waals surface area contributed by atoms with E-state index in [0.29, 0.717) is 19.0 Å². The highest BCUT2D eigenvalue weighted by Gasteiger charge is 2.42. The summed E-state index contributed by atoms with van der Waals surface area (Å²) in [6.45, 7) is 7.14. The SMILES string of the molecule is CC(C)(C[CH]C(=O)NC1(C#N)CCN([C@H]2CC[C@@H](C)CC2)C1)C(N)=O. The zero-order valence-corrected chi connectivity index (χ0v) is 15.7. The molecule has 1 heterocycles. The molecule has 2 fully saturated rings. The lowest BCUT2D eigenvalue weighted by molar-refractivity contribution is -0.126. The fourth-order valence-electron chi connectivity index (χ4n) is 3.72. The van der Waals surface area contributed by atoms with Crippen LogP contribution in [0.2, 0.25) is 0 Å². The number of likely N-dealkylation sites (tertiary alicyclic amines) is 1. The van der Waals surface area contributed by atoms with Gasteiger partial charge in [-0.2, -0.15) is 5.26 Å². The Morgan fingerprint density at radius 1 is 1.36 bits per heavy atom. The molecule has 2 rings (SSSR count). The number of nitrogens with one attached hydrogen (secondary N) is 1. The van der Waals surface area contributed by atoms with Gasteiger partial charge in [0, 0.05) is 24.5 Å². The van der Waals surface area contributed by atoms with Crippen molar-refractivity contribution in [2.75, 3.05) is 13.1 Å². The van der Waals surface area contributed by atoms with Crippen LogP contribution in [-0.4, -0.2) is 41.4 Å². The molecular weight excluding hydrogens is 316 g/mol. The molecule has 1 unspecified atom stereocenters. The van der Waals surface area contributed by atoms with Gasteiger partial charge in [0.2, 0.25) is 11.8 Å². The Labute approximate surface area is 151 Å². The number of primary amides is 1. The van der Waals surface area contributed by atoms with Gasteiger partial charge in [0.05, 0.1) is 12.5 Å². The van der Waals surface area contributed by atoms with Crippen LogP contribution in [0.25, 0.3) is 0 Å². The van der Waals surface area contributed by atoms with E-state index in [1.54, 1.807) is 13.8 Å². The Kier molecular flexibility index (Phi) is 6.10. The van der Waals surface area contributed by atoms with Gasteiger partial charge >= 0.3 is 0 Å². The number of nitrogens with zero attached hydrogens (tertiary/aromatic N) is 2. The quantitative estimate of drug-likeness (QED) is 0.764. The van der Waals surface area contributed by atoms with E-state index in [-0.39, 0.29) is 12.3 Å². The van der Waals surface area contributed by atoms with Gasteiger partial charge in [-0.3, -0.25) is 14.5 Å². The normalized spacial score (nSPS) is 30.6. The van der Waals surface area contributed by atoms with Gasteiger partial charge in [-0.1, -0.05) is 20.8 Å². The standard InChI is InChI=1S/C19H31N4O2/c1-14-4-6-15(7-5-14)23-11-10-19(12-20,13-23)22-16(24)8-9-18(2,3)17(21)25/h8,14-15H,4-7,9-11,13H2,1-3H3,(H2,21,25)(H,22,24)/t14-,15+,19?. The number of nitrogens with two attached hydrogens (primary N) is 1. The molecule has 0 aromatic carbocycles. The van der Waals surface area contributed by atoms with Crippen molar-refractivity contribution in [2.24, 2.45) is 17.1 Å². The maximum Gasteiger partial charge on any atom is 0.225 e. The Bertz CT molecular complexity index is 546. The van der Waals surface area contributed by atoms with Gasteiger partial charge in [0.15, 0.2) is 0 Å². The molecule has 3 N–H and O–H groups in total. The monoisotopic (exact) mass is 347 g/mol. The predicted molar refractivity (Wildman–Crippen MR) is 96.0 cm³/mol. The van der Waals surface area contributed by atoms with E-state index in [9.17, 15) is 14.9 Å².